The average molecular weight is 428 g/mol. The van der Waals surface area contributed by atoms with Crippen molar-refractivity contribution in [1.82, 2.24) is 20.6 Å². The Labute approximate surface area is 179 Å². The molecule has 2 N–H and O–H groups in total. The lowest BCUT2D eigenvalue weighted by Gasteiger charge is -2.15. The summed E-state index contributed by atoms with van der Waals surface area (Å²) in [5, 5.41) is 23.6. The van der Waals surface area contributed by atoms with Crippen molar-refractivity contribution in [3.05, 3.63) is 47.3 Å². The van der Waals surface area contributed by atoms with Crippen LogP contribution in [0.2, 0.25) is 0 Å². The number of H-pyrrole nitrogens is 1. The second-order valence-corrected chi connectivity index (χ2v) is 6.95. The molecule has 0 fully saturated rings. The highest BCUT2D eigenvalue weighted by Crippen LogP contribution is 2.33. The summed E-state index contributed by atoms with van der Waals surface area (Å²) >= 11 is 0. The van der Waals surface area contributed by atoms with Crippen LogP contribution in [0.25, 0.3) is 11.4 Å². The molecule has 164 valence electrons. The Hall–Kier alpha value is -3.49. The van der Waals surface area contributed by atoms with Gasteiger partial charge >= 0.3 is 0 Å². The largest absolute Gasteiger partial charge is 0.507 e. The van der Waals surface area contributed by atoms with Crippen molar-refractivity contribution in [3.63, 3.8) is 0 Å². The molecular formula is C22H25FN4O4. The Morgan fingerprint density at radius 2 is 1.97 bits per heavy atom. The Kier molecular flexibility index (Phi) is 7.91. The molecule has 31 heavy (non-hydrogen) atoms. The van der Waals surface area contributed by atoms with Gasteiger partial charge < -0.3 is 19.4 Å². The van der Waals surface area contributed by atoms with E-state index in [1.807, 2.05) is 6.92 Å². The molecule has 2 aromatic carbocycles. The first-order chi connectivity index (χ1) is 15.1. The fraction of sp³-hybridized carbons (Fsp3) is 0.364. The van der Waals surface area contributed by atoms with Crippen LogP contribution in [0.4, 0.5) is 4.39 Å². The van der Waals surface area contributed by atoms with Gasteiger partial charge in [0.15, 0.2) is 0 Å². The first-order valence-corrected chi connectivity index (χ1v) is 10.2. The molecule has 0 atom stereocenters. The van der Waals surface area contributed by atoms with Crippen molar-refractivity contribution in [2.75, 3.05) is 13.2 Å². The van der Waals surface area contributed by atoms with Crippen LogP contribution in [0.15, 0.2) is 30.3 Å². The van der Waals surface area contributed by atoms with Gasteiger partial charge in [-0.25, -0.2) is 4.39 Å². The van der Waals surface area contributed by atoms with Crippen molar-refractivity contribution in [2.45, 2.75) is 39.0 Å². The summed E-state index contributed by atoms with van der Waals surface area (Å²) < 4.78 is 25.6. The Morgan fingerprint density at radius 3 is 2.65 bits per heavy atom. The topological polar surface area (TPSA) is 110 Å². The summed E-state index contributed by atoms with van der Waals surface area (Å²) in [6.45, 7) is 2.89. The molecule has 3 aromatic rings. The number of aldehydes is 1. The van der Waals surface area contributed by atoms with Gasteiger partial charge in [0.1, 0.15) is 29.4 Å². The number of tetrazole rings is 1. The molecule has 0 aliphatic heterocycles. The van der Waals surface area contributed by atoms with Crippen LogP contribution in [0.3, 0.4) is 0 Å². The van der Waals surface area contributed by atoms with E-state index in [0.29, 0.717) is 43.1 Å². The number of unbranched alkanes of at least 4 members (excludes halogenated alkanes) is 1. The number of rotatable bonds is 12. The van der Waals surface area contributed by atoms with Gasteiger partial charge in [0, 0.05) is 23.6 Å². The normalized spacial score (nSPS) is 10.8. The highest BCUT2D eigenvalue weighted by atomic mass is 19.1. The zero-order chi connectivity index (χ0) is 22.1. The lowest BCUT2D eigenvalue weighted by molar-refractivity contribution is -0.107. The minimum Gasteiger partial charge on any atom is -0.507 e. The lowest BCUT2D eigenvalue weighted by atomic mass is 10.0. The number of aromatic hydroxyl groups is 1. The number of halogens is 1. The zero-order valence-electron chi connectivity index (χ0n) is 17.3. The third kappa shape index (κ3) is 5.78. The quantitative estimate of drug-likeness (QED) is 0.335. The van der Waals surface area contributed by atoms with Gasteiger partial charge in [-0.3, -0.25) is 0 Å². The van der Waals surface area contributed by atoms with E-state index < -0.39 is 5.82 Å². The van der Waals surface area contributed by atoms with Crippen molar-refractivity contribution in [3.8, 4) is 28.6 Å². The van der Waals surface area contributed by atoms with Gasteiger partial charge in [-0.15, -0.1) is 10.2 Å². The van der Waals surface area contributed by atoms with Crippen molar-refractivity contribution in [2.24, 2.45) is 0 Å². The summed E-state index contributed by atoms with van der Waals surface area (Å²) in [7, 11) is 0. The lowest BCUT2D eigenvalue weighted by Crippen LogP contribution is -2.05. The third-order valence-electron chi connectivity index (χ3n) is 4.72. The van der Waals surface area contributed by atoms with Crippen LogP contribution in [-0.2, 0) is 17.6 Å². The molecule has 0 bridgehead atoms. The van der Waals surface area contributed by atoms with E-state index >= 15 is 0 Å². The zero-order valence-corrected chi connectivity index (χ0v) is 17.3. The summed E-state index contributed by atoms with van der Waals surface area (Å²) in [5.74, 6) is 0.902. The molecule has 0 aliphatic carbocycles. The van der Waals surface area contributed by atoms with E-state index in [4.69, 9.17) is 9.47 Å². The van der Waals surface area contributed by atoms with Crippen LogP contribution in [-0.4, -0.2) is 45.2 Å². The number of nitrogens with zero attached hydrogens (tertiary/aromatic N) is 3. The number of hydrogen-bond acceptors (Lipinski definition) is 7. The maximum Gasteiger partial charge on any atom is 0.207 e. The molecule has 3 rings (SSSR count). The van der Waals surface area contributed by atoms with Crippen molar-refractivity contribution < 1.29 is 23.8 Å². The Balaban J connectivity index is 1.46. The molecule has 0 saturated heterocycles. The predicted molar refractivity (Wildman–Crippen MR) is 112 cm³/mol. The van der Waals surface area contributed by atoms with Crippen molar-refractivity contribution >= 4 is 6.29 Å². The predicted octanol–water partition coefficient (Wildman–Crippen LogP) is 3.64. The number of aromatic nitrogens is 4. The number of phenols is 1. The van der Waals surface area contributed by atoms with Crippen LogP contribution in [0.5, 0.6) is 17.2 Å². The summed E-state index contributed by atoms with van der Waals surface area (Å²) in [4.78, 5) is 10.8. The molecule has 0 unspecified atom stereocenters. The maximum absolute atomic E-state index is 14.2. The summed E-state index contributed by atoms with van der Waals surface area (Å²) in [6.07, 6.45) is 3.91. The number of carbonyl (C=O) groups is 1. The molecule has 0 spiro atoms. The summed E-state index contributed by atoms with van der Waals surface area (Å²) in [5.41, 5.74) is 1.59. The van der Waals surface area contributed by atoms with E-state index in [2.05, 4.69) is 20.6 Å². The number of hydrogen-bond donors (Lipinski definition) is 2. The fourth-order valence-electron chi connectivity index (χ4n) is 3.17. The highest BCUT2D eigenvalue weighted by molar-refractivity contribution is 5.60. The molecule has 1 aromatic heterocycles. The maximum atomic E-state index is 14.2. The first kappa shape index (κ1) is 22.2. The summed E-state index contributed by atoms with van der Waals surface area (Å²) in [6, 6.07) is 8.02. The van der Waals surface area contributed by atoms with E-state index in [1.165, 1.54) is 6.07 Å². The van der Waals surface area contributed by atoms with Gasteiger partial charge in [-0.05, 0) is 42.7 Å². The van der Waals surface area contributed by atoms with E-state index in [9.17, 15) is 14.3 Å². The van der Waals surface area contributed by atoms with Crippen molar-refractivity contribution in [1.29, 1.82) is 0 Å². The average Bonchev–Trinajstić information content (AvgIpc) is 3.29. The van der Waals surface area contributed by atoms with Gasteiger partial charge in [0.2, 0.25) is 5.82 Å². The van der Waals surface area contributed by atoms with E-state index in [0.717, 1.165) is 24.7 Å². The molecule has 1 heterocycles. The molecule has 0 amide bonds. The second-order valence-electron chi connectivity index (χ2n) is 6.95. The fourth-order valence-corrected chi connectivity index (χ4v) is 3.17. The Morgan fingerprint density at radius 1 is 1.16 bits per heavy atom. The van der Waals surface area contributed by atoms with Crippen LogP contribution < -0.4 is 9.47 Å². The van der Waals surface area contributed by atoms with Crippen LogP contribution >= 0.6 is 0 Å². The van der Waals surface area contributed by atoms with Crippen LogP contribution in [0.1, 0.15) is 37.3 Å². The Bertz CT molecular complexity index is 995. The number of ether oxygens (including phenoxy) is 2. The van der Waals surface area contributed by atoms with Gasteiger partial charge in [-0.2, -0.15) is 5.21 Å². The van der Waals surface area contributed by atoms with E-state index in [-0.39, 0.29) is 23.6 Å². The van der Waals surface area contributed by atoms with Gasteiger partial charge in [0.25, 0.3) is 0 Å². The monoisotopic (exact) mass is 428 g/mol. The molecule has 0 radical (unpaired) electrons. The molecule has 0 saturated carbocycles. The number of carbonyl (C=O) groups excluding carboxylic acids is 1. The van der Waals surface area contributed by atoms with Gasteiger partial charge in [0.05, 0.1) is 18.8 Å². The molecular weight excluding hydrogens is 403 g/mol. The second kappa shape index (κ2) is 11.1. The first-order valence-electron chi connectivity index (χ1n) is 10.2. The minimum atomic E-state index is -0.483. The standard InChI is InChI=1S/C22H25FN4O4/c1-2-5-18-20(9-6-15(10-11-28)21(18)29)31-13-4-3-12-30-16-7-8-17(19(23)14-16)22-24-26-27-25-22/h6-9,11,14,29H,2-5,10,12-13H2,1H3,(H,24,25,26,27). The molecule has 9 heteroatoms. The number of aromatic amines is 1. The smallest absolute Gasteiger partial charge is 0.207 e. The molecule has 8 nitrogen and oxygen atoms in total. The number of benzene rings is 2. The number of nitrogens with one attached hydrogen (secondary N) is 1. The third-order valence-corrected chi connectivity index (χ3v) is 4.72. The number of phenolic OH excluding ortho intramolecular Hbond substituents is 1. The van der Waals surface area contributed by atoms with Gasteiger partial charge in [-0.1, -0.05) is 19.4 Å². The SMILES string of the molecule is CCCc1c(OCCCCOc2ccc(-c3nn[nH]n3)c(F)c2)ccc(CC=O)c1O. The molecule has 0 aliphatic rings. The highest BCUT2D eigenvalue weighted by Gasteiger charge is 2.13. The minimum absolute atomic E-state index is 0.140. The van der Waals surface area contributed by atoms with E-state index in [1.54, 1.807) is 24.3 Å². The van der Waals surface area contributed by atoms with Crippen LogP contribution in [0, 0.1) is 5.82 Å².